The van der Waals surface area contributed by atoms with Gasteiger partial charge in [-0.25, -0.2) is 4.79 Å². The molecule has 0 aliphatic rings. The number of carbonyl (C=O) groups excluding carboxylic acids is 1. The quantitative estimate of drug-likeness (QED) is 0.289. The van der Waals surface area contributed by atoms with Crippen molar-refractivity contribution in [2.45, 2.75) is 83.7 Å². The summed E-state index contributed by atoms with van der Waals surface area (Å²) in [6, 6.07) is 0. The van der Waals surface area contributed by atoms with Gasteiger partial charge in [-0.2, -0.15) is 0 Å². The smallest absolute Gasteiger partial charge is 0.384 e. The lowest BCUT2D eigenvalue weighted by atomic mass is 10.1. The third-order valence-corrected chi connectivity index (χ3v) is 3.34. The van der Waals surface area contributed by atoms with Crippen LogP contribution in [0.2, 0.25) is 0 Å². The molecule has 0 rings (SSSR count). The number of aliphatic hydroxyl groups is 1. The maximum atomic E-state index is 10.8. The number of rotatable bonds is 10. The highest BCUT2D eigenvalue weighted by Gasteiger charge is 1.99. The minimum atomic E-state index is -0.754. The molecule has 0 bridgehead atoms. The number of esters is 1. The zero-order valence-electron chi connectivity index (χ0n) is 14.1. The van der Waals surface area contributed by atoms with Crippen molar-refractivity contribution in [3.05, 3.63) is 0 Å². The number of ether oxygens (including phenoxy) is 1. The van der Waals surface area contributed by atoms with Crippen LogP contribution in [0.3, 0.4) is 0 Å². The molecule has 0 aliphatic heterocycles. The lowest BCUT2D eigenvalue weighted by Gasteiger charge is -2.00. The zero-order chi connectivity index (χ0) is 16.5. The molecule has 0 aromatic rings. The SMILES string of the molecule is CCCCCCCCC#CCCCC[C@@H](O)C#CC(=O)OC. The van der Waals surface area contributed by atoms with Gasteiger partial charge in [-0.1, -0.05) is 44.9 Å². The highest BCUT2D eigenvalue weighted by molar-refractivity contribution is 5.88. The molecular weight excluding hydrogens is 276 g/mol. The molecule has 0 saturated carbocycles. The van der Waals surface area contributed by atoms with Crippen LogP contribution in [0.1, 0.15) is 77.6 Å². The zero-order valence-corrected chi connectivity index (χ0v) is 14.1. The fraction of sp³-hybridized carbons (Fsp3) is 0.737. The molecule has 0 aliphatic carbocycles. The lowest BCUT2D eigenvalue weighted by Crippen LogP contribution is -2.04. The van der Waals surface area contributed by atoms with Crippen molar-refractivity contribution in [3.63, 3.8) is 0 Å². The first-order chi connectivity index (χ1) is 10.7. The van der Waals surface area contributed by atoms with Crippen molar-refractivity contribution in [3.8, 4) is 23.7 Å². The Morgan fingerprint density at radius 1 is 1.00 bits per heavy atom. The van der Waals surface area contributed by atoms with Gasteiger partial charge in [-0.3, -0.25) is 0 Å². The average Bonchev–Trinajstić information content (AvgIpc) is 2.53. The molecule has 0 fully saturated rings. The molecule has 0 unspecified atom stereocenters. The molecule has 0 aromatic heterocycles. The summed E-state index contributed by atoms with van der Waals surface area (Å²) < 4.78 is 4.38. The Kier molecular flexibility index (Phi) is 14.9. The highest BCUT2D eigenvalue weighted by atomic mass is 16.5. The van der Waals surface area contributed by atoms with E-state index in [1.54, 1.807) is 0 Å². The maximum Gasteiger partial charge on any atom is 0.384 e. The van der Waals surface area contributed by atoms with Gasteiger partial charge in [0.2, 0.25) is 0 Å². The van der Waals surface area contributed by atoms with Crippen LogP contribution < -0.4 is 0 Å². The van der Waals surface area contributed by atoms with E-state index in [4.69, 9.17) is 0 Å². The third kappa shape index (κ3) is 14.9. The number of aliphatic hydroxyl groups excluding tert-OH is 1. The van der Waals surface area contributed by atoms with Crippen LogP contribution in [0.25, 0.3) is 0 Å². The predicted octanol–water partition coefficient (Wildman–Crippen LogP) is 3.84. The number of hydrogen-bond acceptors (Lipinski definition) is 3. The van der Waals surface area contributed by atoms with Crippen molar-refractivity contribution in [2.24, 2.45) is 0 Å². The molecule has 0 spiro atoms. The van der Waals surface area contributed by atoms with Crippen molar-refractivity contribution in [2.75, 3.05) is 7.11 Å². The van der Waals surface area contributed by atoms with Crippen molar-refractivity contribution >= 4 is 5.97 Å². The molecule has 124 valence electrons. The van der Waals surface area contributed by atoms with Gasteiger partial charge in [0.05, 0.1) is 7.11 Å². The molecular formula is C19H30O3. The largest absolute Gasteiger partial charge is 0.459 e. The summed E-state index contributed by atoms with van der Waals surface area (Å²) in [5, 5.41) is 9.54. The van der Waals surface area contributed by atoms with Crippen LogP contribution in [0.15, 0.2) is 0 Å². The Bertz CT molecular complexity index is 392. The summed E-state index contributed by atoms with van der Waals surface area (Å²) in [4.78, 5) is 10.8. The second kappa shape index (κ2) is 15.9. The predicted molar refractivity (Wildman–Crippen MR) is 90.0 cm³/mol. The summed E-state index contributed by atoms with van der Waals surface area (Å²) in [6.07, 6.45) is 11.3. The van der Waals surface area contributed by atoms with Crippen molar-refractivity contribution in [1.29, 1.82) is 0 Å². The van der Waals surface area contributed by atoms with Gasteiger partial charge in [0, 0.05) is 18.8 Å². The Hall–Kier alpha value is -1.45. The fourth-order valence-corrected chi connectivity index (χ4v) is 1.99. The summed E-state index contributed by atoms with van der Waals surface area (Å²) in [6.45, 7) is 2.23. The second-order valence-corrected chi connectivity index (χ2v) is 5.39. The first-order valence-electron chi connectivity index (χ1n) is 8.44. The molecule has 3 nitrogen and oxygen atoms in total. The normalized spacial score (nSPS) is 10.9. The highest BCUT2D eigenvalue weighted by Crippen LogP contribution is 2.06. The minimum absolute atomic E-state index is 0.573. The Morgan fingerprint density at radius 3 is 2.23 bits per heavy atom. The first kappa shape index (κ1) is 20.6. The van der Waals surface area contributed by atoms with Gasteiger partial charge >= 0.3 is 5.97 Å². The molecule has 0 saturated heterocycles. The summed E-state index contributed by atoms with van der Waals surface area (Å²) in [7, 11) is 1.27. The van der Waals surface area contributed by atoms with E-state index in [0.29, 0.717) is 6.42 Å². The number of carbonyl (C=O) groups is 1. The van der Waals surface area contributed by atoms with Crippen LogP contribution in [0.4, 0.5) is 0 Å². The van der Waals surface area contributed by atoms with E-state index in [9.17, 15) is 9.90 Å². The van der Waals surface area contributed by atoms with Crippen LogP contribution in [-0.2, 0) is 9.53 Å². The van der Waals surface area contributed by atoms with Crippen molar-refractivity contribution < 1.29 is 14.6 Å². The monoisotopic (exact) mass is 306 g/mol. The van der Waals surface area contributed by atoms with E-state index in [0.717, 1.165) is 25.7 Å². The van der Waals surface area contributed by atoms with E-state index >= 15 is 0 Å². The van der Waals surface area contributed by atoms with Gasteiger partial charge in [0.1, 0.15) is 6.10 Å². The van der Waals surface area contributed by atoms with Gasteiger partial charge in [-0.15, -0.1) is 11.8 Å². The maximum absolute atomic E-state index is 10.8. The molecule has 0 aromatic carbocycles. The van der Waals surface area contributed by atoms with Crippen molar-refractivity contribution in [1.82, 2.24) is 0 Å². The van der Waals surface area contributed by atoms with Gasteiger partial charge in [0.25, 0.3) is 0 Å². The topological polar surface area (TPSA) is 46.5 Å². The Balaban J connectivity index is 3.44. The van der Waals surface area contributed by atoms with E-state index in [1.807, 2.05) is 0 Å². The average molecular weight is 306 g/mol. The lowest BCUT2D eigenvalue weighted by molar-refractivity contribution is -0.133. The molecule has 22 heavy (non-hydrogen) atoms. The minimum Gasteiger partial charge on any atom is -0.459 e. The summed E-state index contributed by atoms with van der Waals surface area (Å²) >= 11 is 0. The second-order valence-electron chi connectivity index (χ2n) is 5.39. The van der Waals surface area contributed by atoms with E-state index in [2.05, 4.69) is 35.3 Å². The van der Waals surface area contributed by atoms with Gasteiger partial charge < -0.3 is 9.84 Å². The van der Waals surface area contributed by atoms with Crippen LogP contribution in [0, 0.1) is 23.7 Å². The standard InChI is InChI=1S/C19H30O3/c1-3-4-5-6-7-8-9-10-11-12-13-14-15-18(20)16-17-19(21)22-2/h18,20H,3-9,12-15H2,1-2H3/t18-/m1/s1. The van der Waals surface area contributed by atoms with Gasteiger partial charge in [0.15, 0.2) is 0 Å². The molecule has 1 N–H and O–H groups in total. The fourth-order valence-electron chi connectivity index (χ4n) is 1.99. The summed E-state index contributed by atoms with van der Waals surface area (Å²) in [5.41, 5.74) is 0. The van der Waals surface area contributed by atoms with Crippen LogP contribution >= 0.6 is 0 Å². The number of hydrogen-bond donors (Lipinski definition) is 1. The Labute approximate surface area is 135 Å². The number of unbranched alkanes of at least 4 members (excludes halogenated alkanes) is 8. The summed E-state index contributed by atoms with van der Waals surface area (Å²) in [5.74, 6) is 10.5. The Morgan fingerprint density at radius 2 is 1.59 bits per heavy atom. The van der Waals surface area contributed by atoms with E-state index in [-0.39, 0.29) is 0 Å². The molecule has 1 atom stereocenters. The third-order valence-electron chi connectivity index (χ3n) is 3.34. The number of methoxy groups -OCH3 is 1. The van der Waals surface area contributed by atoms with E-state index in [1.165, 1.54) is 45.6 Å². The molecule has 3 heteroatoms. The van der Waals surface area contributed by atoms with E-state index < -0.39 is 12.1 Å². The van der Waals surface area contributed by atoms with Crippen LogP contribution in [0.5, 0.6) is 0 Å². The van der Waals surface area contributed by atoms with Gasteiger partial charge in [-0.05, 0) is 25.7 Å². The molecule has 0 radical (unpaired) electrons. The first-order valence-corrected chi connectivity index (χ1v) is 8.44. The molecule has 0 amide bonds. The van der Waals surface area contributed by atoms with Crippen LogP contribution in [-0.4, -0.2) is 24.3 Å². The molecule has 0 heterocycles.